The molecule has 3 nitrogen and oxygen atoms in total. The molecule has 1 aliphatic heterocycles. The highest BCUT2D eigenvalue weighted by Gasteiger charge is 2.34. The Kier molecular flexibility index (Phi) is 6.90. The molecule has 1 heterocycles. The Bertz CT molecular complexity index is 993. The third-order valence-corrected chi connectivity index (χ3v) is 6.92. The summed E-state index contributed by atoms with van der Waals surface area (Å²) in [6.07, 6.45) is 0. The van der Waals surface area contributed by atoms with Crippen LogP contribution >= 0.6 is 35.1 Å². The van der Waals surface area contributed by atoms with Crippen molar-refractivity contribution in [1.82, 2.24) is 5.32 Å². The molecule has 2 aromatic rings. The van der Waals surface area contributed by atoms with Crippen LogP contribution in [0.15, 0.2) is 81.4 Å². The Morgan fingerprint density at radius 3 is 2.46 bits per heavy atom. The first-order valence-electron chi connectivity index (χ1n) is 8.71. The maximum absolute atomic E-state index is 12.4. The zero-order valence-corrected chi connectivity index (χ0v) is 17.9. The van der Waals surface area contributed by atoms with Gasteiger partial charge in [0.25, 0.3) is 0 Å². The van der Waals surface area contributed by atoms with Gasteiger partial charge in [-0.2, -0.15) is 5.26 Å². The van der Waals surface area contributed by atoms with Gasteiger partial charge in [0.15, 0.2) is 5.78 Å². The number of benzene rings is 2. The van der Waals surface area contributed by atoms with Gasteiger partial charge >= 0.3 is 0 Å². The smallest absolute Gasteiger partial charge is 0.158 e. The minimum Gasteiger partial charge on any atom is -0.353 e. The van der Waals surface area contributed by atoms with Crippen LogP contribution in [0.5, 0.6) is 0 Å². The van der Waals surface area contributed by atoms with Gasteiger partial charge in [-0.1, -0.05) is 59.8 Å². The van der Waals surface area contributed by atoms with E-state index in [-0.39, 0.29) is 5.78 Å². The Labute approximate surface area is 178 Å². The molecule has 3 rings (SSSR count). The van der Waals surface area contributed by atoms with E-state index in [4.69, 9.17) is 11.6 Å². The highest BCUT2D eigenvalue weighted by molar-refractivity contribution is 8.17. The average Bonchev–Trinajstić information content (AvgIpc) is 2.68. The number of nitrogens with one attached hydrogen (secondary N) is 1. The van der Waals surface area contributed by atoms with Crippen LogP contribution in [0, 0.1) is 11.3 Å². The van der Waals surface area contributed by atoms with Gasteiger partial charge in [-0.25, -0.2) is 0 Å². The number of hydrogen-bond acceptors (Lipinski definition) is 5. The van der Waals surface area contributed by atoms with Crippen LogP contribution in [0.1, 0.15) is 25.3 Å². The molecule has 0 bridgehead atoms. The zero-order chi connectivity index (χ0) is 20.1. The number of carbonyl (C=O) groups excluding carboxylic acids is 1. The molecular formula is C22H19ClN2OS2. The van der Waals surface area contributed by atoms with Crippen LogP contribution in [0.3, 0.4) is 0 Å². The van der Waals surface area contributed by atoms with E-state index < -0.39 is 5.92 Å². The lowest BCUT2D eigenvalue weighted by Crippen LogP contribution is -2.27. The summed E-state index contributed by atoms with van der Waals surface area (Å²) < 4.78 is 0. The molecule has 0 saturated carbocycles. The van der Waals surface area contributed by atoms with Gasteiger partial charge in [-0.05, 0) is 37.6 Å². The third kappa shape index (κ3) is 4.47. The summed E-state index contributed by atoms with van der Waals surface area (Å²) in [5.74, 6) is -0.521. The van der Waals surface area contributed by atoms with Crippen LogP contribution in [0.2, 0.25) is 5.02 Å². The number of nitrogens with zero attached hydrogens (tertiary/aromatic N) is 1. The van der Waals surface area contributed by atoms with E-state index in [2.05, 4.69) is 23.5 Å². The topological polar surface area (TPSA) is 52.9 Å². The summed E-state index contributed by atoms with van der Waals surface area (Å²) in [6, 6.07) is 19.8. The monoisotopic (exact) mass is 426 g/mol. The lowest BCUT2D eigenvalue weighted by molar-refractivity contribution is -0.113. The second-order valence-electron chi connectivity index (χ2n) is 6.25. The first-order valence-corrected chi connectivity index (χ1v) is 11.1. The Morgan fingerprint density at radius 2 is 1.82 bits per heavy atom. The second kappa shape index (κ2) is 9.38. The van der Waals surface area contributed by atoms with Crippen molar-refractivity contribution in [2.45, 2.75) is 24.7 Å². The van der Waals surface area contributed by atoms with Crippen molar-refractivity contribution in [2.24, 2.45) is 0 Å². The fraction of sp³-hybridized carbons (Fsp3) is 0.182. The number of nitriles is 1. The van der Waals surface area contributed by atoms with E-state index >= 15 is 0 Å². The molecule has 0 fully saturated rings. The predicted octanol–water partition coefficient (Wildman–Crippen LogP) is 6.11. The average molecular weight is 427 g/mol. The van der Waals surface area contributed by atoms with Crippen LogP contribution < -0.4 is 5.32 Å². The molecule has 142 valence electrons. The molecule has 1 atom stereocenters. The van der Waals surface area contributed by atoms with E-state index in [1.807, 2.05) is 43.3 Å². The van der Waals surface area contributed by atoms with Gasteiger partial charge in [0.1, 0.15) is 0 Å². The van der Waals surface area contributed by atoms with Crippen LogP contribution in [-0.2, 0) is 4.79 Å². The first kappa shape index (κ1) is 20.6. The van der Waals surface area contributed by atoms with Crippen molar-refractivity contribution in [3.05, 3.63) is 87.1 Å². The van der Waals surface area contributed by atoms with Crippen molar-refractivity contribution < 1.29 is 4.79 Å². The number of rotatable bonds is 6. The van der Waals surface area contributed by atoms with Crippen molar-refractivity contribution in [3.8, 4) is 6.07 Å². The second-order valence-corrected chi connectivity index (χ2v) is 9.06. The van der Waals surface area contributed by atoms with E-state index in [1.54, 1.807) is 29.6 Å². The minimum absolute atomic E-state index is 0.0645. The summed E-state index contributed by atoms with van der Waals surface area (Å²) in [4.78, 5) is 13.6. The van der Waals surface area contributed by atoms with Gasteiger partial charge in [-0.3, -0.25) is 4.79 Å². The molecule has 0 radical (unpaired) electrons. The van der Waals surface area contributed by atoms with E-state index in [0.29, 0.717) is 16.2 Å². The quantitative estimate of drug-likeness (QED) is 0.446. The molecular weight excluding hydrogens is 408 g/mol. The number of dihydropyridines is 1. The Morgan fingerprint density at radius 1 is 1.14 bits per heavy atom. The third-order valence-electron chi connectivity index (χ3n) is 4.42. The summed E-state index contributed by atoms with van der Waals surface area (Å²) in [5, 5.41) is 15.3. The zero-order valence-electron chi connectivity index (χ0n) is 15.5. The van der Waals surface area contributed by atoms with Crippen LogP contribution in [0.4, 0.5) is 0 Å². The van der Waals surface area contributed by atoms with E-state index in [1.165, 1.54) is 11.8 Å². The summed E-state index contributed by atoms with van der Waals surface area (Å²) in [5.41, 5.74) is 2.66. The summed E-state index contributed by atoms with van der Waals surface area (Å²) in [7, 11) is 0. The molecule has 0 aromatic heterocycles. The molecule has 1 aliphatic rings. The number of allylic oxidation sites excluding steroid dienone is 3. The van der Waals surface area contributed by atoms with Crippen molar-refractivity contribution in [3.63, 3.8) is 0 Å². The lowest BCUT2D eigenvalue weighted by Gasteiger charge is -2.29. The fourth-order valence-electron chi connectivity index (χ4n) is 3.19. The molecule has 1 N–H and O–H groups in total. The number of ketones is 1. The molecule has 0 amide bonds. The SMILES string of the molecule is CC(=O)C1=C(C)NC(SCSc2ccccc2)=C(C#N)C1c1ccccc1Cl. The number of Topliss-reactive ketones (excluding diaryl/α,β-unsaturated/α-hetero) is 1. The molecule has 1 unspecified atom stereocenters. The number of carbonyl (C=O) groups is 1. The van der Waals surface area contributed by atoms with Crippen LogP contribution in [0.25, 0.3) is 0 Å². The number of hydrogen-bond donors (Lipinski definition) is 1. The first-order chi connectivity index (χ1) is 13.5. The van der Waals surface area contributed by atoms with Gasteiger partial charge in [-0.15, -0.1) is 11.8 Å². The molecule has 0 saturated heterocycles. The van der Waals surface area contributed by atoms with E-state index in [0.717, 1.165) is 21.4 Å². The lowest BCUT2D eigenvalue weighted by atomic mass is 9.81. The molecule has 28 heavy (non-hydrogen) atoms. The van der Waals surface area contributed by atoms with Gasteiger partial charge in [0.2, 0.25) is 0 Å². The van der Waals surface area contributed by atoms with Gasteiger partial charge in [0, 0.05) is 21.2 Å². The van der Waals surface area contributed by atoms with Crippen molar-refractivity contribution in [1.29, 1.82) is 5.26 Å². The maximum Gasteiger partial charge on any atom is 0.158 e. The largest absolute Gasteiger partial charge is 0.353 e. The number of halogens is 1. The van der Waals surface area contributed by atoms with Gasteiger partial charge < -0.3 is 5.32 Å². The highest BCUT2D eigenvalue weighted by atomic mass is 35.5. The molecule has 6 heteroatoms. The minimum atomic E-state index is -0.457. The van der Waals surface area contributed by atoms with E-state index in [9.17, 15) is 10.1 Å². The predicted molar refractivity (Wildman–Crippen MR) is 118 cm³/mol. The highest BCUT2D eigenvalue weighted by Crippen LogP contribution is 2.43. The molecule has 2 aromatic carbocycles. The van der Waals surface area contributed by atoms with Crippen molar-refractivity contribution >= 4 is 40.9 Å². The standard InChI is InChI=1S/C22H19ClN2OS2/c1-14-20(15(2)26)21(17-10-6-7-11-19(17)23)18(12-24)22(25-14)28-13-27-16-8-4-3-5-9-16/h3-11,21,25H,13H2,1-2H3. The normalized spacial score (nSPS) is 16.6. The van der Waals surface area contributed by atoms with Crippen LogP contribution in [-0.4, -0.2) is 10.9 Å². The summed E-state index contributed by atoms with van der Waals surface area (Å²) in [6.45, 7) is 3.41. The Balaban J connectivity index is 1.95. The fourth-order valence-corrected chi connectivity index (χ4v) is 5.58. The van der Waals surface area contributed by atoms with Gasteiger partial charge in [0.05, 0.1) is 27.7 Å². The summed E-state index contributed by atoms with van der Waals surface area (Å²) >= 11 is 9.70. The Hall–Kier alpha value is -2.13. The molecule has 0 spiro atoms. The van der Waals surface area contributed by atoms with Crippen molar-refractivity contribution in [2.75, 3.05) is 5.08 Å². The number of thioether (sulfide) groups is 2. The molecule has 0 aliphatic carbocycles. The maximum atomic E-state index is 12.4.